The van der Waals surface area contributed by atoms with Crippen molar-refractivity contribution in [3.8, 4) is 5.75 Å². The van der Waals surface area contributed by atoms with Crippen molar-refractivity contribution in [2.45, 2.75) is 10.7 Å². The van der Waals surface area contributed by atoms with Crippen molar-refractivity contribution in [2.75, 3.05) is 19.0 Å². The highest BCUT2D eigenvalue weighted by Crippen LogP contribution is 2.22. The number of H-pyrrole nitrogens is 1. The van der Waals surface area contributed by atoms with Crippen molar-refractivity contribution >= 4 is 38.3 Å². The molecule has 3 rings (SSSR count). The number of carbonyl (C=O) groups excluding carboxylic acids is 2. The second kappa shape index (κ2) is 8.49. The number of aromatic amines is 1. The van der Waals surface area contributed by atoms with Gasteiger partial charge in [0.1, 0.15) is 11.4 Å². The molecule has 11 heteroatoms. The van der Waals surface area contributed by atoms with Crippen LogP contribution in [0.25, 0.3) is 10.9 Å². The van der Waals surface area contributed by atoms with E-state index in [0.717, 1.165) is 29.7 Å². The molecule has 0 unspecified atom stereocenters. The summed E-state index contributed by atoms with van der Waals surface area (Å²) in [6.45, 7) is -0.603. The van der Waals surface area contributed by atoms with Crippen LogP contribution in [0.3, 0.4) is 0 Å². The van der Waals surface area contributed by atoms with Crippen LogP contribution in [-0.2, 0) is 19.4 Å². The summed E-state index contributed by atoms with van der Waals surface area (Å²) in [5.41, 5.74) is 0.958. The van der Waals surface area contributed by atoms with Crippen LogP contribution in [0.15, 0.2) is 53.4 Å². The van der Waals surface area contributed by atoms with Gasteiger partial charge in [-0.15, -0.1) is 0 Å². The Morgan fingerprint density at radius 1 is 1.10 bits per heavy atom. The number of anilines is 1. The minimum absolute atomic E-state index is 0.146. The van der Waals surface area contributed by atoms with Gasteiger partial charge in [0.05, 0.1) is 12.0 Å². The van der Waals surface area contributed by atoms with E-state index < -0.39 is 39.0 Å². The highest BCUT2D eigenvalue weighted by molar-refractivity contribution is 7.91. The topological polar surface area (TPSA) is 115 Å². The SMILES string of the molecule is COc1ccc2cc(C(=O)OCC(=O)Nc3ccc(S(=O)(=O)C(F)F)cc3)[nH]c2c1. The number of rotatable bonds is 7. The lowest BCUT2D eigenvalue weighted by atomic mass is 10.2. The van der Waals surface area contributed by atoms with E-state index in [1.165, 1.54) is 7.11 Å². The molecule has 1 aromatic heterocycles. The Balaban J connectivity index is 1.58. The first-order valence-electron chi connectivity index (χ1n) is 8.46. The highest BCUT2D eigenvalue weighted by Gasteiger charge is 2.26. The van der Waals surface area contributed by atoms with Crippen LogP contribution in [0.4, 0.5) is 14.5 Å². The van der Waals surface area contributed by atoms with Gasteiger partial charge in [-0.05, 0) is 42.5 Å². The molecule has 0 bridgehead atoms. The minimum atomic E-state index is -4.72. The number of benzene rings is 2. The molecule has 30 heavy (non-hydrogen) atoms. The number of nitrogens with one attached hydrogen (secondary N) is 2. The number of hydrogen-bond acceptors (Lipinski definition) is 6. The molecule has 0 aliphatic carbocycles. The summed E-state index contributed by atoms with van der Waals surface area (Å²) >= 11 is 0. The largest absolute Gasteiger partial charge is 0.497 e. The summed E-state index contributed by atoms with van der Waals surface area (Å²) in [4.78, 5) is 26.4. The third-order valence-corrected chi connectivity index (χ3v) is 5.48. The van der Waals surface area contributed by atoms with Crippen LogP contribution >= 0.6 is 0 Å². The summed E-state index contributed by atoms with van der Waals surface area (Å²) in [7, 11) is -3.20. The number of aromatic nitrogens is 1. The highest BCUT2D eigenvalue weighted by atomic mass is 32.2. The number of esters is 1. The van der Waals surface area contributed by atoms with Crippen molar-refractivity contribution in [2.24, 2.45) is 0 Å². The Bertz CT molecular complexity index is 1190. The molecule has 3 aromatic rings. The molecule has 0 aliphatic heterocycles. The van der Waals surface area contributed by atoms with Gasteiger partial charge in [-0.1, -0.05) is 0 Å². The number of sulfone groups is 1. The van der Waals surface area contributed by atoms with E-state index in [9.17, 15) is 26.8 Å². The number of alkyl halides is 2. The molecule has 0 spiro atoms. The third-order valence-electron chi connectivity index (χ3n) is 4.09. The molecule has 0 saturated heterocycles. The standard InChI is InChI=1S/C19H16F2N2O6S/c1-28-13-5-2-11-8-16(23-15(11)9-13)18(25)29-10-17(24)22-12-3-6-14(7-4-12)30(26,27)19(20)21/h2-9,19,23H,10H2,1H3,(H,22,24). The lowest BCUT2D eigenvalue weighted by molar-refractivity contribution is -0.119. The Labute approximate surface area is 169 Å². The van der Waals surface area contributed by atoms with E-state index >= 15 is 0 Å². The summed E-state index contributed by atoms with van der Waals surface area (Å²) in [6, 6.07) is 11.0. The summed E-state index contributed by atoms with van der Waals surface area (Å²) in [6.07, 6.45) is 0. The zero-order valence-electron chi connectivity index (χ0n) is 15.5. The van der Waals surface area contributed by atoms with Crippen molar-refractivity contribution in [1.29, 1.82) is 0 Å². The van der Waals surface area contributed by atoms with Crippen LogP contribution in [0, 0.1) is 0 Å². The van der Waals surface area contributed by atoms with Gasteiger partial charge in [-0.25, -0.2) is 13.2 Å². The molecule has 2 N–H and O–H groups in total. The number of hydrogen-bond donors (Lipinski definition) is 2. The molecule has 8 nitrogen and oxygen atoms in total. The Hall–Kier alpha value is -3.47. The van der Waals surface area contributed by atoms with Gasteiger partial charge in [-0.2, -0.15) is 8.78 Å². The number of fused-ring (bicyclic) bond motifs is 1. The van der Waals surface area contributed by atoms with Crippen molar-refractivity contribution < 1.29 is 36.3 Å². The van der Waals surface area contributed by atoms with Crippen LogP contribution in [0.5, 0.6) is 5.75 Å². The Morgan fingerprint density at radius 3 is 2.43 bits per heavy atom. The quantitative estimate of drug-likeness (QED) is 0.548. The smallest absolute Gasteiger partial charge is 0.355 e. The van der Waals surface area contributed by atoms with Gasteiger partial charge in [0.25, 0.3) is 5.91 Å². The first-order valence-corrected chi connectivity index (χ1v) is 10.0. The molecule has 0 saturated carbocycles. The van der Waals surface area contributed by atoms with E-state index in [1.807, 2.05) is 0 Å². The predicted octanol–water partition coefficient (Wildman–Crippen LogP) is 2.97. The van der Waals surface area contributed by atoms with Crippen LogP contribution < -0.4 is 10.1 Å². The lowest BCUT2D eigenvalue weighted by Gasteiger charge is -2.07. The van der Waals surface area contributed by atoms with Crippen LogP contribution in [-0.4, -0.2) is 44.8 Å². The van der Waals surface area contributed by atoms with Crippen molar-refractivity contribution in [3.05, 3.63) is 54.2 Å². The second-order valence-electron chi connectivity index (χ2n) is 6.09. The molecular formula is C19H16F2N2O6S. The number of amides is 1. The van der Waals surface area contributed by atoms with E-state index in [-0.39, 0.29) is 11.4 Å². The van der Waals surface area contributed by atoms with Gasteiger partial charge >= 0.3 is 11.7 Å². The van der Waals surface area contributed by atoms with Crippen molar-refractivity contribution in [1.82, 2.24) is 4.98 Å². The van der Waals surface area contributed by atoms with E-state index in [1.54, 1.807) is 24.3 Å². The summed E-state index contributed by atoms with van der Waals surface area (Å²) < 4.78 is 57.8. The second-order valence-corrected chi connectivity index (χ2v) is 8.01. The molecule has 2 aromatic carbocycles. The minimum Gasteiger partial charge on any atom is -0.497 e. The molecule has 158 valence electrons. The average Bonchev–Trinajstić information content (AvgIpc) is 3.15. The summed E-state index contributed by atoms with van der Waals surface area (Å²) in [5.74, 6) is -4.37. The number of methoxy groups -OCH3 is 1. The number of carbonyl (C=O) groups is 2. The maximum absolute atomic E-state index is 12.5. The Kier molecular flexibility index (Phi) is 6.01. The average molecular weight is 438 g/mol. The molecule has 0 fully saturated rings. The van der Waals surface area contributed by atoms with Gasteiger partial charge in [-0.3, -0.25) is 4.79 Å². The molecule has 0 aliphatic rings. The fourth-order valence-electron chi connectivity index (χ4n) is 2.58. The Morgan fingerprint density at radius 2 is 1.80 bits per heavy atom. The zero-order valence-corrected chi connectivity index (χ0v) is 16.3. The normalized spacial score (nSPS) is 11.5. The molecule has 1 amide bonds. The number of ether oxygens (including phenoxy) is 2. The molecule has 1 heterocycles. The first-order chi connectivity index (χ1) is 14.2. The predicted molar refractivity (Wildman–Crippen MR) is 103 cm³/mol. The fraction of sp³-hybridized carbons (Fsp3) is 0.158. The number of halogens is 2. The van der Waals surface area contributed by atoms with Gasteiger partial charge in [0, 0.05) is 22.7 Å². The van der Waals surface area contributed by atoms with E-state index in [0.29, 0.717) is 11.3 Å². The van der Waals surface area contributed by atoms with E-state index in [2.05, 4.69) is 10.3 Å². The molecule has 0 radical (unpaired) electrons. The van der Waals surface area contributed by atoms with Crippen molar-refractivity contribution in [3.63, 3.8) is 0 Å². The molecule has 0 atom stereocenters. The fourth-order valence-corrected chi connectivity index (χ4v) is 3.30. The van der Waals surface area contributed by atoms with E-state index in [4.69, 9.17) is 9.47 Å². The van der Waals surface area contributed by atoms with Crippen LogP contribution in [0.1, 0.15) is 10.5 Å². The maximum Gasteiger partial charge on any atom is 0.355 e. The van der Waals surface area contributed by atoms with Gasteiger partial charge in [0.2, 0.25) is 9.84 Å². The first kappa shape index (κ1) is 21.2. The maximum atomic E-state index is 12.5. The molecular weight excluding hydrogens is 422 g/mol. The summed E-state index contributed by atoms with van der Waals surface area (Å²) in [5, 5.41) is 3.13. The zero-order chi connectivity index (χ0) is 21.9. The monoisotopic (exact) mass is 438 g/mol. The third kappa shape index (κ3) is 4.57. The van der Waals surface area contributed by atoms with Crippen LogP contribution in [0.2, 0.25) is 0 Å². The van der Waals surface area contributed by atoms with Gasteiger partial charge in [0.15, 0.2) is 6.61 Å². The lowest BCUT2D eigenvalue weighted by Crippen LogP contribution is -2.21. The van der Waals surface area contributed by atoms with Gasteiger partial charge < -0.3 is 19.8 Å².